The van der Waals surface area contributed by atoms with Gasteiger partial charge in [-0.15, -0.1) is 0 Å². The van der Waals surface area contributed by atoms with Crippen molar-refractivity contribution in [1.82, 2.24) is 4.90 Å². The fourth-order valence-electron chi connectivity index (χ4n) is 2.58. The summed E-state index contributed by atoms with van der Waals surface area (Å²) in [4.78, 5) is 27.8. The molecule has 1 saturated heterocycles. The highest BCUT2D eigenvalue weighted by Crippen LogP contribution is 2.34. The summed E-state index contributed by atoms with van der Waals surface area (Å²) in [7, 11) is 3.35. The molecule has 0 N–H and O–H groups in total. The number of nitrogens with zero attached hydrogens (tertiary/aromatic N) is 2. The lowest BCUT2D eigenvalue weighted by Gasteiger charge is -2.21. The van der Waals surface area contributed by atoms with Crippen molar-refractivity contribution in [2.75, 3.05) is 32.1 Å². The maximum Gasteiger partial charge on any atom is 0.227 e. The number of methoxy groups -OCH3 is 1. The Hall–Kier alpha value is -2.04. The molecule has 0 bridgehead atoms. The van der Waals surface area contributed by atoms with Crippen molar-refractivity contribution in [3.63, 3.8) is 0 Å². The van der Waals surface area contributed by atoms with Crippen LogP contribution in [0.25, 0.3) is 0 Å². The number of hydrogen-bond donors (Lipinski definition) is 0. The van der Waals surface area contributed by atoms with Gasteiger partial charge in [-0.05, 0) is 31.5 Å². The van der Waals surface area contributed by atoms with Gasteiger partial charge >= 0.3 is 0 Å². The van der Waals surface area contributed by atoms with Gasteiger partial charge < -0.3 is 14.5 Å². The van der Waals surface area contributed by atoms with Crippen LogP contribution in [0.2, 0.25) is 0 Å². The second-order valence-electron chi connectivity index (χ2n) is 5.43. The number of carbonyl (C=O) groups is 2. The zero-order valence-electron chi connectivity index (χ0n) is 13.0. The van der Waals surface area contributed by atoms with Crippen LogP contribution in [0, 0.1) is 12.8 Å². The van der Waals surface area contributed by atoms with Gasteiger partial charge in [-0.1, -0.05) is 6.07 Å². The van der Waals surface area contributed by atoms with Gasteiger partial charge in [0, 0.05) is 26.6 Å². The Morgan fingerprint density at radius 2 is 2.19 bits per heavy atom. The predicted molar refractivity (Wildman–Crippen MR) is 81.5 cm³/mol. The zero-order chi connectivity index (χ0) is 15.6. The molecule has 0 saturated carbocycles. The first-order chi connectivity index (χ1) is 9.97. The summed E-state index contributed by atoms with van der Waals surface area (Å²) in [5, 5.41) is 0. The van der Waals surface area contributed by atoms with E-state index in [-0.39, 0.29) is 24.2 Å². The first kappa shape index (κ1) is 15.4. The van der Waals surface area contributed by atoms with Crippen molar-refractivity contribution in [2.45, 2.75) is 20.3 Å². The molecule has 5 heteroatoms. The lowest BCUT2D eigenvalue weighted by Crippen LogP contribution is -2.34. The summed E-state index contributed by atoms with van der Waals surface area (Å²) in [6.45, 7) is 4.96. The van der Waals surface area contributed by atoms with Crippen molar-refractivity contribution in [2.24, 2.45) is 5.92 Å². The van der Waals surface area contributed by atoms with E-state index >= 15 is 0 Å². The minimum atomic E-state index is -0.271. The van der Waals surface area contributed by atoms with Gasteiger partial charge in [-0.2, -0.15) is 0 Å². The molecule has 1 aromatic carbocycles. The summed E-state index contributed by atoms with van der Waals surface area (Å²) in [5.41, 5.74) is 1.80. The summed E-state index contributed by atoms with van der Waals surface area (Å²) in [6, 6.07) is 5.72. The van der Waals surface area contributed by atoms with E-state index in [1.165, 1.54) is 0 Å². The minimum Gasteiger partial charge on any atom is -0.495 e. The third-order valence-electron chi connectivity index (χ3n) is 3.95. The van der Waals surface area contributed by atoms with Crippen molar-refractivity contribution < 1.29 is 14.3 Å². The fourth-order valence-corrected chi connectivity index (χ4v) is 2.58. The topological polar surface area (TPSA) is 49.9 Å². The molecule has 1 unspecified atom stereocenters. The number of anilines is 1. The molecule has 1 heterocycles. The molecule has 1 aliphatic rings. The first-order valence-corrected chi connectivity index (χ1v) is 7.17. The van der Waals surface area contributed by atoms with E-state index in [1.807, 2.05) is 32.0 Å². The molecule has 114 valence electrons. The standard InChI is InChI=1S/C16H22N2O3/c1-5-17(3)16(20)12-9-15(19)18(10-12)13-8-11(2)6-7-14(13)21-4/h6-8,12H,5,9-10H2,1-4H3. The average Bonchev–Trinajstić information content (AvgIpc) is 2.87. The van der Waals surface area contributed by atoms with Gasteiger partial charge in [-0.3, -0.25) is 9.59 Å². The molecule has 1 aliphatic heterocycles. The number of ether oxygens (including phenoxy) is 1. The quantitative estimate of drug-likeness (QED) is 0.850. The van der Waals surface area contributed by atoms with E-state index in [1.54, 1.807) is 24.0 Å². The van der Waals surface area contributed by atoms with E-state index in [9.17, 15) is 9.59 Å². The van der Waals surface area contributed by atoms with Crippen LogP contribution in [0.15, 0.2) is 18.2 Å². The predicted octanol–water partition coefficient (Wildman–Crippen LogP) is 1.83. The molecule has 0 aromatic heterocycles. The fraction of sp³-hybridized carbons (Fsp3) is 0.500. The smallest absolute Gasteiger partial charge is 0.227 e. The van der Waals surface area contributed by atoms with E-state index < -0.39 is 0 Å². The van der Waals surface area contributed by atoms with Crippen LogP contribution in [0.3, 0.4) is 0 Å². The third-order valence-corrected chi connectivity index (χ3v) is 3.95. The second kappa shape index (κ2) is 6.16. The molecule has 5 nitrogen and oxygen atoms in total. The van der Waals surface area contributed by atoms with E-state index in [0.717, 1.165) is 11.3 Å². The molecule has 0 aliphatic carbocycles. The van der Waals surface area contributed by atoms with Crippen molar-refractivity contribution in [1.29, 1.82) is 0 Å². The Labute approximate surface area is 125 Å². The number of amides is 2. The molecule has 21 heavy (non-hydrogen) atoms. The Bertz CT molecular complexity index is 556. The molecule has 2 amide bonds. The lowest BCUT2D eigenvalue weighted by molar-refractivity contribution is -0.134. The van der Waals surface area contributed by atoms with Crippen molar-refractivity contribution in [3.8, 4) is 5.75 Å². The molecule has 1 fully saturated rings. The summed E-state index contributed by atoms with van der Waals surface area (Å²) >= 11 is 0. The first-order valence-electron chi connectivity index (χ1n) is 7.17. The van der Waals surface area contributed by atoms with E-state index in [0.29, 0.717) is 18.8 Å². The maximum atomic E-state index is 12.3. The molecule has 0 spiro atoms. The Morgan fingerprint density at radius 1 is 1.48 bits per heavy atom. The number of benzene rings is 1. The van der Waals surface area contributed by atoms with Crippen LogP contribution < -0.4 is 9.64 Å². The van der Waals surface area contributed by atoms with Crippen LogP contribution in [0.1, 0.15) is 18.9 Å². The number of carbonyl (C=O) groups excluding carboxylic acids is 2. The highest BCUT2D eigenvalue weighted by Gasteiger charge is 2.37. The largest absolute Gasteiger partial charge is 0.495 e. The number of rotatable bonds is 4. The van der Waals surface area contributed by atoms with Crippen molar-refractivity contribution in [3.05, 3.63) is 23.8 Å². The van der Waals surface area contributed by atoms with Gasteiger partial charge in [0.1, 0.15) is 5.75 Å². The van der Waals surface area contributed by atoms with Gasteiger partial charge in [-0.25, -0.2) is 0 Å². The van der Waals surface area contributed by atoms with Crippen LogP contribution >= 0.6 is 0 Å². The number of aryl methyl sites for hydroxylation is 1. The Balaban J connectivity index is 2.25. The number of hydrogen-bond acceptors (Lipinski definition) is 3. The van der Waals surface area contributed by atoms with Gasteiger partial charge in [0.2, 0.25) is 11.8 Å². The Morgan fingerprint density at radius 3 is 2.81 bits per heavy atom. The second-order valence-corrected chi connectivity index (χ2v) is 5.43. The van der Waals surface area contributed by atoms with E-state index in [4.69, 9.17) is 4.74 Å². The van der Waals surface area contributed by atoms with Gasteiger partial charge in [0.25, 0.3) is 0 Å². The monoisotopic (exact) mass is 290 g/mol. The molecular weight excluding hydrogens is 268 g/mol. The molecule has 1 aromatic rings. The van der Waals surface area contributed by atoms with E-state index in [2.05, 4.69) is 0 Å². The molecular formula is C16H22N2O3. The highest BCUT2D eigenvalue weighted by molar-refractivity contribution is 6.01. The molecule has 0 radical (unpaired) electrons. The summed E-state index contributed by atoms with van der Waals surface area (Å²) in [5.74, 6) is 0.389. The Kier molecular flexibility index (Phi) is 4.50. The normalized spacial score (nSPS) is 18.0. The van der Waals surface area contributed by atoms with Crippen LogP contribution in [-0.2, 0) is 9.59 Å². The minimum absolute atomic E-state index is 0.0262. The lowest BCUT2D eigenvalue weighted by atomic mass is 10.1. The highest BCUT2D eigenvalue weighted by atomic mass is 16.5. The van der Waals surface area contributed by atoms with Crippen LogP contribution in [-0.4, -0.2) is 44.0 Å². The van der Waals surface area contributed by atoms with Crippen LogP contribution in [0.4, 0.5) is 5.69 Å². The average molecular weight is 290 g/mol. The van der Waals surface area contributed by atoms with Crippen LogP contribution in [0.5, 0.6) is 5.75 Å². The zero-order valence-corrected chi connectivity index (χ0v) is 13.0. The molecule has 2 rings (SSSR count). The summed E-state index contributed by atoms with van der Waals surface area (Å²) < 4.78 is 5.34. The molecule has 1 atom stereocenters. The maximum absolute atomic E-state index is 12.3. The third kappa shape index (κ3) is 3.01. The van der Waals surface area contributed by atoms with Gasteiger partial charge in [0.15, 0.2) is 0 Å². The SMILES string of the molecule is CCN(C)C(=O)C1CC(=O)N(c2cc(C)ccc2OC)C1. The summed E-state index contributed by atoms with van der Waals surface area (Å²) in [6.07, 6.45) is 0.264. The van der Waals surface area contributed by atoms with Gasteiger partial charge in [0.05, 0.1) is 18.7 Å². The van der Waals surface area contributed by atoms with Crippen molar-refractivity contribution >= 4 is 17.5 Å².